The van der Waals surface area contributed by atoms with E-state index in [4.69, 9.17) is 9.47 Å². The predicted molar refractivity (Wildman–Crippen MR) is 100 cm³/mol. The van der Waals surface area contributed by atoms with E-state index < -0.39 is 21.7 Å². The standard InChI is InChI=1S/C19H22F2N2O4S/c1-2-28(24,25)23-18-12-26-8-7-14(18)11-27-16-5-3-13(4-6-16)19-17(21)9-15(20)10-22-19/h3-6,9-10,14,18,23H,2,7-8,11-12H2,1H3/t14-,18+/m1/s1. The maximum atomic E-state index is 13.8. The zero-order valence-corrected chi connectivity index (χ0v) is 16.2. The van der Waals surface area contributed by atoms with E-state index in [-0.39, 0.29) is 23.4 Å². The van der Waals surface area contributed by atoms with Crippen LogP contribution >= 0.6 is 0 Å². The maximum Gasteiger partial charge on any atom is 0.211 e. The number of ether oxygens (including phenoxy) is 2. The minimum absolute atomic E-state index is 0.00647. The highest BCUT2D eigenvalue weighted by Crippen LogP contribution is 2.25. The first-order chi connectivity index (χ1) is 13.4. The van der Waals surface area contributed by atoms with Gasteiger partial charge >= 0.3 is 0 Å². The Hall–Kier alpha value is -2.10. The molecule has 3 rings (SSSR count). The van der Waals surface area contributed by atoms with E-state index in [9.17, 15) is 17.2 Å². The third kappa shape index (κ3) is 5.24. The smallest absolute Gasteiger partial charge is 0.211 e. The van der Waals surface area contributed by atoms with Gasteiger partial charge in [-0.3, -0.25) is 4.98 Å². The van der Waals surface area contributed by atoms with Crippen LogP contribution in [-0.2, 0) is 14.8 Å². The molecule has 28 heavy (non-hydrogen) atoms. The molecule has 0 bridgehead atoms. The highest BCUT2D eigenvalue weighted by Gasteiger charge is 2.29. The monoisotopic (exact) mass is 412 g/mol. The van der Waals surface area contributed by atoms with Crippen molar-refractivity contribution in [3.05, 3.63) is 48.2 Å². The highest BCUT2D eigenvalue weighted by molar-refractivity contribution is 7.89. The van der Waals surface area contributed by atoms with E-state index in [2.05, 4.69) is 9.71 Å². The molecule has 6 nitrogen and oxygen atoms in total. The summed E-state index contributed by atoms with van der Waals surface area (Å²) in [5, 5.41) is 0. The number of aromatic nitrogens is 1. The first-order valence-corrected chi connectivity index (χ1v) is 10.6. The molecule has 1 saturated heterocycles. The van der Waals surface area contributed by atoms with E-state index in [0.717, 1.165) is 12.3 Å². The molecule has 1 aliphatic rings. The van der Waals surface area contributed by atoms with Crippen LogP contribution in [0.3, 0.4) is 0 Å². The Labute approximate surface area is 162 Å². The highest BCUT2D eigenvalue weighted by atomic mass is 32.2. The van der Waals surface area contributed by atoms with Gasteiger partial charge in [0.05, 0.1) is 31.2 Å². The number of sulfonamides is 1. The van der Waals surface area contributed by atoms with E-state index in [1.165, 1.54) is 0 Å². The summed E-state index contributed by atoms with van der Waals surface area (Å²) in [5.41, 5.74) is 0.566. The van der Waals surface area contributed by atoms with Crippen LogP contribution in [-0.4, -0.2) is 45.0 Å². The molecule has 0 spiro atoms. The van der Waals surface area contributed by atoms with E-state index >= 15 is 0 Å². The first-order valence-electron chi connectivity index (χ1n) is 9.00. The van der Waals surface area contributed by atoms with Crippen molar-refractivity contribution in [2.24, 2.45) is 5.92 Å². The number of halogens is 2. The molecule has 0 unspecified atom stereocenters. The van der Waals surface area contributed by atoms with Gasteiger partial charge in [0.2, 0.25) is 10.0 Å². The number of benzene rings is 1. The quantitative estimate of drug-likeness (QED) is 0.757. The Kier molecular flexibility index (Phi) is 6.58. The first kappa shape index (κ1) is 20.6. The molecule has 0 aliphatic carbocycles. The fraction of sp³-hybridized carbons (Fsp3) is 0.421. The van der Waals surface area contributed by atoms with Crippen molar-refractivity contribution in [2.45, 2.75) is 19.4 Å². The molecule has 1 N–H and O–H groups in total. The largest absolute Gasteiger partial charge is 0.493 e. The van der Waals surface area contributed by atoms with Gasteiger partial charge in [-0.25, -0.2) is 21.9 Å². The van der Waals surface area contributed by atoms with Gasteiger partial charge in [-0.2, -0.15) is 0 Å². The Balaban J connectivity index is 1.63. The lowest BCUT2D eigenvalue weighted by Gasteiger charge is -2.31. The fourth-order valence-electron chi connectivity index (χ4n) is 2.97. The molecular formula is C19H22F2N2O4S. The van der Waals surface area contributed by atoms with Crippen molar-refractivity contribution in [1.82, 2.24) is 9.71 Å². The van der Waals surface area contributed by atoms with Crippen molar-refractivity contribution >= 4 is 10.0 Å². The molecular weight excluding hydrogens is 390 g/mol. The molecule has 1 aromatic carbocycles. The van der Waals surface area contributed by atoms with Crippen LogP contribution in [0.15, 0.2) is 36.5 Å². The normalized spacial score (nSPS) is 20.1. The molecule has 1 aliphatic heterocycles. The lowest BCUT2D eigenvalue weighted by atomic mass is 9.97. The zero-order chi connectivity index (χ0) is 20.1. The van der Waals surface area contributed by atoms with Crippen LogP contribution in [0.2, 0.25) is 0 Å². The Morgan fingerprint density at radius 2 is 2.04 bits per heavy atom. The number of hydrogen-bond donors (Lipinski definition) is 1. The Morgan fingerprint density at radius 1 is 1.29 bits per heavy atom. The second kappa shape index (κ2) is 8.93. The van der Waals surface area contributed by atoms with E-state index in [0.29, 0.717) is 37.6 Å². The van der Waals surface area contributed by atoms with Gasteiger partial charge in [-0.05, 0) is 37.6 Å². The van der Waals surface area contributed by atoms with Crippen molar-refractivity contribution in [1.29, 1.82) is 0 Å². The molecule has 0 amide bonds. The summed E-state index contributed by atoms with van der Waals surface area (Å²) in [4.78, 5) is 3.78. The maximum absolute atomic E-state index is 13.8. The van der Waals surface area contributed by atoms with Crippen LogP contribution < -0.4 is 9.46 Å². The van der Waals surface area contributed by atoms with E-state index in [1.54, 1.807) is 31.2 Å². The van der Waals surface area contributed by atoms with Gasteiger partial charge in [0.15, 0.2) is 5.82 Å². The molecule has 1 aromatic heterocycles. The Morgan fingerprint density at radius 3 is 2.71 bits per heavy atom. The summed E-state index contributed by atoms with van der Waals surface area (Å²) < 4.78 is 64.3. The summed E-state index contributed by atoms with van der Waals surface area (Å²) in [7, 11) is -3.33. The minimum atomic E-state index is -3.33. The van der Waals surface area contributed by atoms with E-state index in [1.807, 2.05) is 0 Å². The second-order valence-corrected chi connectivity index (χ2v) is 8.61. The summed E-state index contributed by atoms with van der Waals surface area (Å²) >= 11 is 0. The molecule has 152 valence electrons. The van der Waals surface area contributed by atoms with Crippen LogP contribution in [0.25, 0.3) is 11.3 Å². The van der Waals surface area contributed by atoms with Gasteiger partial charge in [0.1, 0.15) is 17.3 Å². The number of nitrogens with one attached hydrogen (secondary N) is 1. The van der Waals surface area contributed by atoms with Gasteiger partial charge in [0, 0.05) is 24.2 Å². The van der Waals surface area contributed by atoms with Gasteiger partial charge in [-0.1, -0.05) is 0 Å². The van der Waals surface area contributed by atoms with Crippen LogP contribution in [0.5, 0.6) is 5.75 Å². The summed E-state index contributed by atoms with van der Waals surface area (Å²) in [6.07, 6.45) is 1.64. The van der Waals surface area contributed by atoms with Crippen LogP contribution in [0.4, 0.5) is 8.78 Å². The molecule has 2 aromatic rings. The summed E-state index contributed by atoms with van der Waals surface area (Å²) in [5.74, 6) is -0.916. The molecule has 1 fully saturated rings. The minimum Gasteiger partial charge on any atom is -0.493 e. The average molecular weight is 412 g/mol. The lowest BCUT2D eigenvalue weighted by Crippen LogP contribution is -2.48. The number of hydrogen-bond acceptors (Lipinski definition) is 5. The zero-order valence-electron chi connectivity index (χ0n) is 15.4. The number of rotatable bonds is 7. The van der Waals surface area contributed by atoms with Crippen molar-refractivity contribution < 1.29 is 26.7 Å². The predicted octanol–water partition coefficient (Wildman–Crippen LogP) is 2.75. The molecule has 0 radical (unpaired) electrons. The van der Waals surface area contributed by atoms with Crippen LogP contribution in [0.1, 0.15) is 13.3 Å². The average Bonchev–Trinajstić information content (AvgIpc) is 2.68. The number of nitrogens with zero attached hydrogens (tertiary/aromatic N) is 1. The third-order valence-electron chi connectivity index (χ3n) is 4.61. The molecule has 2 atom stereocenters. The molecule has 0 saturated carbocycles. The number of pyridine rings is 1. The van der Waals surface area contributed by atoms with Crippen LogP contribution in [0, 0.1) is 17.6 Å². The fourth-order valence-corrected chi connectivity index (χ4v) is 3.85. The van der Waals surface area contributed by atoms with Gasteiger partial charge < -0.3 is 9.47 Å². The second-order valence-electron chi connectivity index (χ2n) is 6.57. The molecule has 2 heterocycles. The SMILES string of the molecule is CCS(=O)(=O)N[C@H]1COCC[C@@H]1COc1ccc(-c2ncc(F)cc2F)cc1. The molecule has 9 heteroatoms. The van der Waals surface area contributed by atoms with Gasteiger partial charge in [-0.15, -0.1) is 0 Å². The van der Waals surface area contributed by atoms with Gasteiger partial charge in [0.25, 0.3) is 0 Å². The van der Waals surface area contributed by atoms with Crippen molar-refractivity contribution in [3.8, 4) is 17.0 Å². The topological polar surface area (TPSA) is 77.5 Å². The Bertz CT molecular complexity index is 907. The summed E-state index contributed by atoms with van der Waals surface area (Å²) in [6, 6.07) is 7.07. The van der Waals surface area contributed by atoms with Crippen molar-refractivity contribution in [2.75, 3.05) is 25.6 Å². The summed E-state index contributed by atoms with van der Waals surface area (Å²) in [6.45, 7) is 2.76. The lowest BCUT2D eigenvalue weighted by molar-refractivity contribution is 0.0274. The third-order valence-corrected chi connectivity index (χ3v) is 6.03. The van der Waals surface area contributed by atoms with Crippen molar-refractivity contribution in [3.63, 3.8) is 0 Å².